The summed E-state index contributed by atoms with van der Waals surface area (Å²) >= 11 is 0. The van der Waals surface area contributed by atoms with E-state index in [1.165, 1.54) is 25.9 Å². The minimum atomic E-state index is -0.00833. The smallest absolute Gasteiger partial charge is 0.306 e. The molecule has 0 N–H and O–H groups in total. The van der Waals surface area contributed by atoms with E-state index in [0.717, 1.165) is 64.8 Å². The maximum atomic E-state index is 12.1. The number of esters is 1. The SMILES string of the molecule is CN1CCC(N2CCC(CC(=O)OCCN3CCOCC3)CC2)CC1. The highest BCUT2D eigenvalue weighted by Gasteiger charge is 2.28. The maximum absolute atomic E-state index is 12.1. The van der Waals surface area contributed by atoms with Crippen LogP contribution in [0.5, 0.6) is 0 Å². The first-order valence-corrected chi connectivity index (χ1v) is 10.1. The monoisotopic (exact) mass is 353 g/mol. The quantitative estimate of drug-likeness (QED) is 0.666. The zero-order valence-electron chi connectivity index (χ0n) is 15.8. The summed E-state index contributed by atoms with van der Waals surface area (Å²) in [6.45, 7) is 9.60. The lowest BCUT2D eigenvalue weighted by atomic mass is 9.91. The fourth-order valence-corrected chi connectivity index (χ4v) is 4.29. The number of ether oxygens (including phenoxy) is 2. The van der Waals surface area contributed by atoms with Crippen LogP contribution in [0.2, 0.25) is 0 Å². The van der Waals surface area contributed by atoms with Crippen LogP contribution in [-0.4, -0.2) is 99.4 Å². The van der Waals surface area contributed by atoms with Crippen LogP contribution >= 0.6 is 0 Å². The molecule has 3 aliphatic rings. The van der Waals surface area contributed by atoms with E-state index in [1.54, 1.807) is 0 Å². The number of carbonyl (C=O) groups is 1. The molecule has 0 saturated carbocycles. The molecule has 3 aliphatic heterocycles. The predicted molar refractivity (Wildman–Crippen MR) is 97.7 cm³/mol. The normalized spacial score (nSPS) is 26.0. The molecule has 6 nitrogen and oxygen atoms in total. The Kier molecular flexibility index (Phi) is 7.52. The van der Waals surface area contributed by atoms with E-state index in [-0.39, 0.29) is 5.97 Å². The zero-order valence-corrected chi connectivity index (χ0v) is 15.8. The van der Waals surface area contributed by atoms with Crippen molar-refractivity contribution in [2.24, 2.45) is 5.92 Å². The first-order chi connectivity index (χ1) is 12.2. The zero-order chi connectivity index (χ0) is 17.5. The van der Waals surface area contributed by atoms with Crippen molar-refractivity contribution in [1.82, 2.24) is 14.7 Å². The van der Waals surface area contributed by atoms with Gasteiger partial charge in [0.25, 0.3) is 0 Å². The fourth-order valence-electron chi connectivity index (χ4n) is 4.29. The number of nitrogens with zero attached hydrogens (tertiary/aromatic N) is 3. The maximum Gasteiger partial charge on any atom is 0.306 e. The van der Waals surface area contributed by atoms with Gasteiger partial charge in [0.15, 0.2) is 0 Å². The van der Waals surface area contributed by atoms with Crippen molar-refractivity contribution in [3.8, 4) is 0 Å². The second-order valence-corrected chi connectivity index (χ2v) is 7.89. The van der Waals surface area contributed by atoms with Crippen LogP contribution in [0.15, 0.2) is 0 Å². The average Bonchev–Trinajstić information content (AvgIpc) is 2.64. The van der Waals surface area contributed by atoms with Gasteiger partial charge in [0, 0.05) is 32.1 Å². The number of morpholine rings is 1. The Morgan fingerprint density at radius 2 is 1.68 bits per heavy atom. The Morgan fingerprint density at radius 3 is 2.36 bits per heavy atom. The second kappa shape index (κ2) is 9.86. The van der Waals surface area contributed by atoms with E-state index in [4.69, 9.17) is 9.47 Å². The largest absolute Gasteiger partial charge is 0.464 e. The summed E-state index contributed by atoms with van der Waals surface area (Å²) in [5, 5.41) is 0. The van der Waals surface area contributed by atoms with Crippen molar-refractivity contribution >= 4 is 5.97 Å². The van der Waals surface area contributed by atoms with E-state index < -0.39 is 0 Å². The molecular formula is C19H35N3O3. The highest BCUT2D eigenvalue weighted by molar-refractivity contribution is 5.69. The molecule has 25 heavy (non-hydrogen) atoms. The number of hydrogen-bond donors (Lipinski definition) is 0. The lowest BCUT2D eigenvalue weighted by Gasteiger charge is -2.41. The summed E-state index contributed by atoms with van der Waals surface area (Å²) in [5.74, 6) is 0.504. The molecule has 0 unspecified atom stereocenters. The molecular weight excluding hydrogens is 318 g/mol. The van der Waals surface area contributed by atoms with E-state index in [9.17, 15) is 4.79 Å². The summed E-state index contributed by atoms with van der Waals surface area (Å²) in [6.07, 6.45) is 5.48. The van der Waals surface area contributed by atoms with Gasteiger partial charge in [-0.3, -0.25) is 9.69 Å². The second-order valence-electron chi connectivity index (χ2n) is 7.89. The number of piperidine rings is 2. The topological polar surface area (TPSA) is 45.2 Å². The molecule has 6 heteroatoms. The van der Waals surface area contributed by atoms with Crippen molar-refractivity contribution in [2.75, 3.05) is 72.7 Å². The minimum absolute atomic E-state index is 0.00833. The Morgan fingerprint density at radius 1 is 1.00 bits per heavy atom. The van der Waals surface area contributed by atoms with Crippen molar-refractivity contribution in [2.45, 2.75) is 38.1 Å². The molecule has 0 aromatic carbocycles. The molecule has 3 fully saturated rings. The molecule has 0 bridgehead atoms. The van der Waals surface area contributed by atoms with Gasteiger partial charge in [-0.15, -0.1) is 0 Å². The van der Waals surface area contributed by atoms with Gasteiger partial charge in [-0.2, -0.15) is 0 Å². The van der Waals surface area contributed by atoms with Gasteiger partial charge in [-0.1, -0.05) is 0 Å². The van der Waals surface area contributed by atoms with Gasteiger partial charge in [0.1, 0.15) is 6.61 Å². The summed E-state index contributed by atoms with van der Waals surface area (Å²) in [6, 6.07) is 0.762. The molecule has 0 amide bonds. The third-order valence-corrected chi connectivity index (χ3v) is 6.08. The van der Waals surface area contributed by atoms with E-state index in [2.05, 4.69) is 21.7 Å². The first kappa shape index (κ1) is 19.1. The van der Waals surface area contributed by atoms with Crippen LogP contribution in [0.4, 0.5) is 0 Å². The summed E-state index contributed by atoms with van der Waals surface area (Å²) in [4.78, 5) is 19.5. The summed E-state index contributed by atoms with van der Waals surface area (Å²) in [7, 11) is 2.22. The third kappa shape index (κ3) is 6.20. The van der Waals surface area contributed by atoms with E-state index in [0.29, 0.717) is 18.9 Å². The molecule has 3 saturated heterocycles. The molecule has 3 rings (SSSR count). The minimum Gasteiger partial charge on any atom is -0.464 e. The Balaban J connectivity index is 1.27. The molecule has 144 valence electrons. The van der Waals surface area contributed by atoms with Crippen LogP contribution in [0.25, 0.3) is 0 Å². The number of hydrogen-bond acceptors (Lipinski definition) is 6. The van der Waals surface area contributed by atoms with Crippen LogP contribution in [0.3, 0.4) is 0 Å². The van der Waals surface area contributed by atoms with Crippen LogP contribution in [0, 0.1) is 5.92 Å². The first-order valence-electron chi connectivity index (χ1n) is 10.1. The van der Waals surface area contributed by atoms with E-state index in [1.807, 2.05) is 0 Å². The average molecular weight is 354 g/mol. The lowest BCUT2D eigenvalue weighted by Crippen LogP contribution is -2.47. The molecule has 3 heterocycles. The van der Waals surface area contributed by atoms with Gasteiger partial charge in [-0.25, -0.2) is 0 Å². The Hall–Kier alpha value is -0.690. The van der Waals surface area contributed by atoms with Gasteiger partial charge in [0.2, 0.25) is 0 Å². The third-order valence-electron chi connectivity index (χ3n) is 6.08. The van der Waals surface area contributed by atoms with Gasteiger partial charge in [0.05, 0.1) is 13.2 Å². The van der Waals surface area contributed by atoms with Crippen molar-refractivity contribution in [1.29, 1.82) is 0 Å². The fraction of sp³-hybridized carbons (Fsp3) is 0.947. The lowest BCUT2D eigenvalue weighted by molar-refractivity contribution is -0.145. The standard InChI is InChI=1S/C19H35N3O3/c1-20-6-4-18(5-7-20)22-8-2-17(3-9-22)16-19(23)25-15-12-21-10-13-24-14-11-21/h17-18H,2-16H2,1H3. The molecule has 0 aromatic heterocycles. The highest BCUT2D eigenvalue weighted by atomic mass is 16.5. The van der Waals surface area contributed by atoms with Crippen LogP contribution in [-0.2, 0) is 14.3 Å². The molecule has 0 aliphatic carbocycles. The van der Waals surface area contributed by atoms with Gasteiger partial charge in [-0.05, 0) is 64.8 Å². The predicted octanol–water partition coefficient (Wildman–Crippen LogP) is 1.06. The summed E-state index contributed by atoms with van der Waals surface area (Å²) < 4.78 is 10.8. The summed E-state index contributed by atoms with van der Waals surface area (Å²) in [5.41, 5.74) is 0. The van der Waals surface area contributed by atoms with E-state index >= 15 is 0 Å². The molecule has 0 radical (unpaired) electrons. The van der Waals surface area contributed by atoms with Crippen molar-refractivity contribution < 1.29 is 14.3 Å². The Bertz CT molecular complexity index is 399. The van der Waals surface area contributed by atoms with Gasteiger partial charge >= 0.3 is 5.97 Å². The highest BCUT2D eigenvalue weighted by Crippen LogP contribution is 2.25. The van der Waals surface area contributed by atoms with Crippen molar-refractivity contribution in [3.05, 3.63) is 0 Å². The van der Waals surface area contributed by atoms with Gasteiger partial charge < -0.3 is 19.3 Å². The molecule has 0 atom stereocenters. The molecule has 0 spiro atoms. The Labute approximate surface area is 152 Å². The van der Waals surface area contributed by atoms with Crippen molar-refractivity contribution in [3.63, 3.8) is 0 Å². The van der Waals surface area contributed by atoms with Crippen LogP contribution in [0.1, 0.15) is 32.1 Å². The molecule has 0 aromatic rings. The number of rotatable bonds is 6. The number of carbonyl (C=O) groups excluding carboxylic acids is 1. The van der Waals surface area contributed by atoms with Crippen LogP contribution < -0.4 is 0 Å². The number of likely N-dealkylation sites (tertiary alicyclic amines) is 2.